The lowest BCUT2D eigenvalue weighted by molar-refractivity contribution is -0.133. The highest BCUT2D eigenvalue weighted by atomic mass is 16.5. The monoisotopic (exact) mass is 503 g/mol. The molecule has 0 radical (unpaired) electrons. The molecule has 198 valence electrons. The van der Waals surface area contributed by atoms with Crippen LogP contribution in [0.1, 0.15) is 50.2 Å². The first-order valence-corrected chi connectivity index (χ1v) is 13.8. The predicted molar refractivity (Wildman–Crippen MR) is 145 cm³/mol. The molecule has 0 saturated carbocycles. The summed E-state index contributed by atoms with van der Waals surface area (Å²) >= 11 is 0. The molecule has 3 heterocycles. The van der Waals surface area contributed by atoms with Gasteiger partial charge in [-0.05, 0) is 60.5 Å². The molecule has 2 aromatic carbocycles. The van der Waals surface area contributed by atoms with E-state index in [4.69, 9.17) is 4.74 Å². The molecule has 0 unspecified atom stereocenters. The average Bonchev–Trinajstić information content (AvgIpc) is 3.46. The maximum atomic E-state index is 12.9. The zero-order valence-corrected chi connectivity index (χ0v) is 22.6. The molecule has 0 aromatic heterocycles. The Morgan fingerprint density at radius 3 is 2.38 bits per heavy atom. The van der Waals surface area contributed by atoms with Gasteiger partial charge in [0, 0.05) is 51.0 Å². The number of rotatable bonds is 7. The highest BCUT2D eigenvalue weighted by Gasteiger charge is 2.45. The van der Waals surface area contributed by atoms with Crippen molar-refractivity contribution in [3.8, 4) is 5.75 Å². The smallest absolute Gasteiger partial charge is 0.225 e. The molecule has 2 aromatic rings. The van der Waals surface area contributed by atoms with Gasteiger partial charge in [0.15, 0.2) is 0 Å². The Kier molecular flexibility index (Phi) is 7.57. The summed E-state index contributed by atoms with van der Waals surface area (Å²) in [6, 6.07) is 18.8. The third kappa shape index (κ3) is 5.69. The van der Waals surface area contributed by atoms with Crippen molar-refractivity contribution in [2.45, 2.75) is 45.6 Å². The van der Waals surface area contributed by atoms with Gasteiger partial charge in [0.1, 0.15) is 5.75 Å². The second kappa shape index (κ2) is 10.9. The molecule has 6 nitrogen and oxygen atoms in total. The standard InChI is InChI=1S/C31H41N3O3/c1-23(2)30(36)33-20-26(28(21-33)25-7-5-4-6-8-25)19-32-15-13-31(14-16-32)17-29(35)34(22-31)18-24-9-11-27(37-3)12-10-24/h4-12,23,26,28H,13-22H2,1-3H3/t26-,28+/m0/s1. The van der Waals surface area contributed by atoms with Crippen LogP contribution in [-0.2, 0) is 16.1 Å². The number of nitrogens with zero attached hydrogens (tertiary/aromatic N) is 3. The molecule has 2 amide bonds. The highest BCUT2D eigenvalue weighted by molar-refractivity contribution is 5.79. The fourth-order valence-corrected chi connectivity index (χ4v) is 6.63. The van der Waals surface area contributed by atoms with E-state index in [-0.39, 0.29) is 23.1 Å². The van der Waals surface area contributed by atoms with E-state index in [1.807, 2.05) is 26.0 Å². The number of amides is 2. The summed E-state index contributed by atoms with van der Waals surface area (Å²) in [6.45, 7) is 10.3. The summed E-state index contributed by atoms with van der Waals surface area (Å²) in [7, 11) is 1.67. The second-order valence-electron chi connectivity index (χ2n) is 11.8. The molecular weight excluding hydrogens is 462 g/mol. The van der Waals surface area contributed by atoms with Crippen molar-refractivity contribution in [1.29, 1.82) is 0 Å². The Bertz CT molecular complexity index is 1080. The molecule has 0 N–H and O–H groups in total. The van der Waals surface area contributed by atoms with Gasteiger partial charge in [0.25, 0.3) is 0 Å². The first-order chi connectivity index (χ1) is 17.9. The van der Waals surface area contributed by atoms with Gasteiger partial charge in [-0.2, -0.15) is 0 Å². The van der Waals surface area contributed by atoms with Crippen LogP contribution in [0.4, 0.5) is 0 Å². The van der Waals surface area contributed by atoms with Crippen molar-refractivity contribution < 1.29 is 14.3 Å². The summed E-state index contributed by atoms with van der Waals surface area (Å²) in [4.78, 5) is 32.5. The number of likely N-dealkylation sites (tertiary alicyclic amines) is 3. The van der Waals surface area contributed by atoms with Crippen LogP contribution < -0.4 is 4.74 Å². The Morgan fingerprint density at radius 2 is 1.73 bits per heavy atom. The van der Waals surface area contributed by atoms with Crippen molar-refractivity contribution in [3.63, 3.8) is 0 Å². The SMILES string of the molecule is COc1ccc(CN2CC3(CCN(C[C@H]4CN(C(=O)C(C)C)C[C@@H]4c4ccccc4)CC3)CC2=O)cc1. The van der Waals surface area contributed by atoms with Crippen molar-refractivity contribution in [1.82, 2.24) is 14.7 Å². The van der Waals surface area contributed by atoms with Gasteiger partial charge in [0.2, 0.25) is 11.8 Å². The van der Waals surface area contributed by atoms with Crippen LogP contribution in [0.25, 0.3) is 0 Å². The van der Waals surface area contributed by atoms with E-state index in [0.29, 0.717) is 24.8 Å². The minimum absolute atomic E-state index is 0.0331. The summed E-state index contributed by atoms with van der Waals surface area (Å²) in [5, 5.41) is 0. The van der Waals surface area contributed by atoms with E-state index in [9.17, 15) is 9.59 Å². The van der Waals surface area contributed by atoms with Gasteiger partial charge >= 0.3 is 0 Å². The van der Waals surface area contributed by atoms with Crippen LogP contribution in [0.5, 0.6) is 5.75 Å². The maximum absolute atomic E-state index is 12.9. The summed E-state index contributed by atoms with van der Waals surface area (Å²) in [5.41, 5.74) is 2.60. The molecular formula is C31H41N3O3. The fourth-order valence-electron chi connectivity index (χ4n) is 6.63. The second-order valence-corrected chi connectivity index (χ2v) is 11.8. The van der Waals surface area contributed by atoms with Gasteiger partial charge < -0.3 is 19.4 Å². The van der Waals surface area contributed by atoms with Crippen molar-refractivity contribution in [2.75, 3.05) is 46.4 Å². The Morgan fingerprint density at radius 1 is 1.03 bits per heavy atom. The van der Waals surface area contributed by atoms with Gasteiger partial charge in [-0.3, -0.25) is 9.59 Å². The zero-order chi connectivity index (χ0) is 26.0. The van der Waals surface area contributed by atoms with E-state index >= 15 is 0 Å². The van der Waals surface area contributed by atoms with Crippen LogP contribution in [-0.4, -0.2) is 72.9 Å². The average molecular weight is 504 g/mol. The molecule has 6 heteroatoms. The van der Waals surface area contributed by atoms with E-state index in [1.165, 1.54) is 5.56 Å². The van der Waals surface area contributed by atoms with Crippen LogP contribution >= 0.6 is 0 Å². The van der Waals surface area contributed by atoms with E-state index < -0.39 is 0 Å². The molecule has 2 atom stereocenters. The largest absolute Gasteiger partial charge is 0.497 e. The molecule has 0 aliphatic carbocycles. The number of hydrogen-bond donors (Lipinski definition) is 0. The molecule has 37 heavy (non-hydrogen) atoms. The maximum Gasteiger partial charge on any atom is 0.225 e. The number of piperidine rings is 1. The Hall–Kier alpha value is -2.86. The van der Waals surface area contributed by atoms with E-state index in [2.05, 4.69) is 57.2 Å². The number of hydrogen-bond acceptors (Lipinski definition) is 4. The topological polar surface area (TPSA) is 53.1 Å². The van der Waals surface area contributed by atoms with Crippen molar-refractivity contribution >= 4 is 11.8 Å². The summed E-state index contributed by atoms with van der Waals surface area (Å²) in [5.74, 6) is 2.25. The molecule has 3 aliphatic rings. The van der Waals surface area contributed by atoms with Gasteiger partial charge in [-0.25, -0.2) is 0 Å². The molecule has 0 bridgehead atoms. The molecule has 3 aliphatic heterocycles. The lowest BCUT2D eigenvalue weighted by atomic mass is 9.77. The first-order valence-electron chi connectivity index (χ1n) is 13.8. The van der Waals surface area contributed by atoms with Crippen molar-refractivity contribution in [3.05, 3.63) is 65.7 Å². The van der Waals surface area contributed by atoms with Crippen LogP contribution in [0.15, 0.2) is 54.6 Å². The minimum Gasteiger partial charge on any atom is -0.497 e. The number of carbonyl (C=O) groups is 2. The zero-order valence-electron chi connectivity index (χ0n) is 22.6. The number of carbonyl (C=O) groups excluding carboxylic acids is 2. The molecule has 3 saturated heterocycles. The van der Waals surface area contributed by atoms with Crippen molar-refractivity contribution in [2.24, 2.45) is 17.3 Å². The fraction of sp³-hybridized carbons (Fsp3) is 0.548. The quantitative estimate of drug-likeness (QED) is 0.562. The summed E-state index contributed by atoms with van der Waals surface area (Å²) in [6.07, 6.45) is 2.80. The van der Waals surface area contributed by atoms with Gasteiger partial charge in [-0.15, -0.1) is 0 Å². The van der Waals surface area contributed by atoms with E-state index in [1.54, 1.807) is 7.11 Å². The van der Waals surface area contributed by atoms with Crippen LogP contribution in [0.2, 0.25) is 0 Å². The summed E-state index contributed by atoms with van der Waals surface area (Å²) < 4.78 is 5.26. The van der Waals surface area contributed by atoms with E-state index in [0.717, 1.165) is 63.4 Å². The molecule has 3 fully saturated rings. The lowest BCUT2D eigenvalue weighted by Gasteiger charge is -2.40. The lowest BCUT2D eigenvalue weighted by Crippen LogP contribution is -2.44. The van der Waals surface area contributed by atoms with Gasteiger partial charge in [-0.1, -0.05) is 56.3 Å². The Balaban J connectivity index is 1.19. The number of methoxy groups -OCH3 is 1. The van der Waals surface area contributed by atoms with Gasteiger partial charge in [0.05, 0.1) is 7.11 Å². The Labute approximate surface area is 221 Å². The third-order valence-electron chi connectivity index (χ3n) is 8.82. The molecule has 1 spiro atoms. The third-order valence-corrected chi connectivity index (χ3v) is 8.82. The normalized spacial score (nSPS) is 23.8. The predicted octanol–water partition coefficient (Wildman–Crippen LogP) is 4.41. The minimum atomic E-state index is 0.0331. The number of benzene rings is 2. The molecule has 5 rings (SSSR count). The van der Waals surface area contributed by atoms with Crippen LogP contribution in [0, 0.1) is 17.3 Å². The number of ether oxygens (including phenoxy) is 1. The highest BCUT2D eigenvalue weighted by Crippen LogP contribution is 2.42. The van der Waals surface area contributed by atoms with Crippen LogP contribution in [0.3, 0.4) is 0 Å². The first kappa shape index (κ1) is 25.8.